The molecular formula is C11H18N2O2S. The van der Waals surface area contributed by atoms with E-state index >= 15 is 0 Å². The van der Waals surface area contributed by atoms with Crippen molar-refractivity contribution in [3.05, 3.63) is 16.6 Å². The molecule has 0 fully saturated rings. The van der Waals surface area contributed by atoms with Gasteiger partial charge in [-0.25, -0.2) is 4.98 Å². The first-order valence-electron chi connectivity index (χ1n) is 5.27. The number of aliphatic carboxylic acids is 1. The van der Waals surface area contributed by atoms with Crippen LogP contribution in [0, 0.1) is 5.41 Å². The van der Waals surface area contributed by atoms with Crippen molar-refractivity contribution in [3.63, 3.8) is 0 Å². The molecule has 1 rings (SSSR count). The van der Waals surface area contributed by atoms with Gasteiger partial charge in [-0.3, -0.25) is 9.69 Å². The lowest BCUT2D eigenvalue weighted by atomic mass is 9.87. The number of carboxylic acid groups (broad SMARTS) is 1. The van der Waals surface area contributed by atoms with E-state index in [1.165, 1.54) is 0 Å². The third-order valence-electron chi connectivity index (χ3n) is 2.83. The third-order valence-corrected chi connectivity index (χ3v) is 3.47. The molecule has 4 nitrogen and oxygen atoms in total. The van der Waals surface area contributed by atoms with E-state index in [0.29, 0.717) is 19.5 Å². The molecule has 0 aliphatic carbocycles. The van der Waals surface area contributed by atoms with Gasteiger partial charge in [-0.2, -0.15) is 0 Å². The molecule has 5 heteroatoms. The monoisotopic (exact) mass is 242 g/mol. The van der Waals surface area contributed by atoms with Crippen molar-refractivity contribution in [2.24, 2.45) is 5.41 Å². The van der Waals surface area contributed by atoms with Gasteiger partial charge in [0.15, 0.2) is 0 Å². The lowest BCUT2D eigenvalue weighted by Crippen LogP contribution is -2.38. The molecule has 0 amide bonds. The lowest BCUT2D eigenvalue weighted by molar-refractivity contribution is -0.149. The Kier molecular flexibility index (Phi) is 4.44. The number of nitrogens with zero attached hydrogens (tertiary/aromatic N) is 2. The Morgan fingerprint density at radius 3 is 2.81 bits per heavy atom. The third kappa shape index (κ3) is 3.28. The number of thiazole rings is 1. The minimum Gasteiger partial charge on any atom is -0.481 e. The molecule has 1 N–H and O–H groups in total. The van der Waals surface area contributed by atoms with Crippen LogP contribution in [0.15, 0.2) is 10.9 Å². The fourth-order valence-corrected chi connectivity index (χ4v) is 2.12. The van der Waals surface area contributed by atoms with Gasteiger partial charge in [0, 0.05) is 18.5 Å². The van der Waals surface area contributed by atoms with Crippen LogP contribution < -0.4 is 0 Å². The molecule has 0 saturated heterocycles. The number of hydrogen-bond donors (Lipinski definition) is 1. The fourth-order valence-electron chi connectivity index (χ4n) is 1.57. The Morgan fingerprint density at radius 2 is 2.38 bits per heavy atom. The molecule has 1 atom stereocenters. The number of carbonyl (C=O) groups is 1. The summed E-state index contributed by atoms with van der Waals surface area (Å²) in [6, 6.07) is 0. The zero-order valence-corrected chi connectivity index (χ0v) is 10.8. The van der Waals surface area contributed by atoms with E-state index in [4.69, 9.17) is 5.11 Å². The van der Waals surface area contributed by atoms with Gasteiger partial charge >= 0.3 is 5.97 Å². The summed E-state index contributed by atoms with van der Waals surface area (Å²) in [6.07, 6.45) is 0.629. The number of hydrogen-bond acceptors (Lipinski definition) is 4. The Morgan fingerprint density at radius 1 is 1.69 bits per heavy atom. The van der Waals surface area contributed by atoms with Crippen LogP contribution in [0.4, 0.5) is 0 Å². The summed E-state index contributed by atoms with van der Waals surface area (Å²) in [5.41, 5.74) is 2.11. The minimum atomic E-state index is -0.736. The number of rotatable bonds is 6. The topological polar surface area (TPSA) is 53.4 Å². The smallest absolute Gasteiger partial charge is 0.310 e. The molecule has 1 unspecified atom stereocenters. The van der Waals surface area contributed by atoms with Crippen LogP contribution in [0.2, 0.25) is 0 Å². The normalized spacial score (nSPS) is 15.0. The van der Waals surface area contributed by atoms with Crippen molar-refractivity contribution in [1.82, 2.24) is 9.88 Å². The summed E-state index contributed by atoms with van der Waals surface area (Å²) >= 11 is 1.56. The maximum atomic E-state index is 11.1. The zero-order valence-electron chi connectivity index (χ0n) is 9.93. The Bertz CT molecular complexity index is 340. The quantitative estimate of drug-likeness (QED) is 0.829. The molecule has 0 spiro atoms. The first kappa shape index (κ1) is 13.1. The van der Waals surface area contributed by atoms with Crippen LogP contribution in [-0.2, 0) is 11.3 Å². The minimum absolute atomic E-state index is 0.538. The summed E-state index contributed by atoms with van der Waals surface area (Å²) in [7, 11) is 1.93. The van der Waals surface area contributed by atoms with Gasteiger partial charge < -0.3 is 5.11 Å². The van der Waals surface area contributed by atoms with E-state index in [1.807, 2.05) is 24.3 Å². The summed E-state index contributed by atoms with van der Waals surface area (Å²) in [5, 5.41) is 11.2. The van der Waals surface area contributed by atoms with Crippen molar-refractivity contribution in [1.29, 1.82) is 0 Å². The first-order chi connectivity index (χ1) is 7.48. The highest BCUT2D eigenvalue weighted by Crippen LogP contribution is 2.23. The molecule has 1 aromatic heterocycles. The molecule has 0 radical (unpaired) electrons. The van der Waals surface area contributed by atoms with Crippen LogP contribution in [0.25, 0.3) is 0 Å². The Hall–Kier alpha value is -0.940. The second-order valence-corrected chi connectivity index (χ2v) is 5.09. The molecular weight excluding hydrogens is 224 g/mol. The summed E-state index contributed by atoms with van der Waals surface area (Å²) in [4.78, 5) is 17.3. The zero-order chi connectivity index (χ0) is 12.2. The number of carboxylic acids is 1. The van der Waals surface area contributed by atoms with E-state index in [9.17, 15) is 4.79 Å². The molecule has 0 aromatic carbocycles. The van der Waals surface area contributed by atoms with E-state index in [0.717, 1.165) is 5.69 Å². The highest BCUT2D eigenvalue weighted by molar-refractivity contribution is 7.07. The molecule has 0 saturated carbocycles. The molecule has 16 heavy (non-hydrogen) atoms. The van der Waals surface area contributed by atoms with Gasteiger partial charge in [0.2, 0.25) is 0 Å². The van der Waals surface area contributed by atoms with Crippen LogP contribution in [0.1, 0.15) is 26.0 Å². The van der Waals surface area contributed by atoms with E-state index in [2.05, 4.69) is 4.98 Å². The second-order valence-electron chi connectivity index (χ2n) is 4.37. The van der Waals surface area contributed by atoms with Gasteiger partial charge in [0.25, 0.3) is 0 Å². The van der Waals surface area contributed by atoms with Gasteiger partial charge in [-0.1, -0.05) is 6.92 Å². The van der Waals surface area contributed by atoms with Crippen LogP contribution in [-0.4, -0.2) is 34.6 Å². The van der Waals surface area contributed by atoms with Gasteiger partial charge in [-0.15, -0.1) is 11.3 Å². The molecule has 0 aliphatic heterocycles. The first-order valence-corrected chi connectivity index (χ1v) is 6.21. The Labute approximate surface area is 99.9 Å². The SMILES string of the molecule is CCC(C)(CN(C)Cc1cscn1)C(=O)O. The van der Waals surface area contributed by atoms with Gasteiger partial charge in [-0.05, 0) is 20.4 Å². The van der Waals surface area contributed by atoms with Gasteiger partial charge in [0.1, 0.15) is 0 Å². The molecule has 0 bridgehead atoms. The predicted molar refractivity (Wildman–Crippen MR) is 64.5 cm³/mol. The number of aromatic nitrogens is 1. The average molecular weight is 242 g/mol. The summed E-state index contributed by atoms with van der Waals surface area (Å²) in [5.74, 6) is -0.736. The van der Waals surface area contributed by atoms with Crippen LogP contribution >= 0.6 is 11.3 Å². The maximum absolute atomic E-state index is 11.1. The van der Waals surface area contributed by atoms with Crippen molar-refractivity contribution in [2.45, 2.75) is 26.8 Å². The van der Waals surface area contributed by atoms with E-state index < -0.39 is 11.4 Å². The standard InChI is InChI=1S/C11H18N2O2S/c1-4-11(2,10(14)15)7-13(3)5-9-6-16-8-12-9/h6,8H,4-5,7H2,1-3H3,(H,14,15). The van der Waals surface area contributed by atoms with Crippen LogP contribution in [0.3, 0.4) is 0 Å². The lowest BCUT2D eigenvalue weighted by Gasteiger charge is -2.28. The van der Waals surface area contributed by atoms with Crippen molar-refractivity contribution < 1.29 is 9.90 Å². The van der Waals surface area contributed by atoms with E-state index in [-0.39, 0.29) is 0 Å². The van der Waals surface area contributed by atoms with Crippen LogP contribution in [0.5, 0.6) is 0 Å². The van der Waals surface area contributed by atoms with Crippen molar-refractivity contribution >= 4 is 17.3 Å². The average Bonchev–Trinajstić information content (AvgIpc) is 2.69. The van der Waals surface area contributed by atoms with Gasteiger partial charge in [0.05, 0.1) is 16.6 Å². The molecule has 90 valence electrons. The second kappa shape index (κ2) is 5.41. The maximum Gasteiger partial charge on any atom is 0.310 e. The molecule has 0 aliphatic rings. The van der Waals surface area contributed by atoms with Crippen molar-refractivity contribution in [3.8, 4) is 0 Å². The molecule has 1 aromatic rings. The molecule has 1 heterocycles. The Balaban J connectivity index is 2.56. The fraction of sp³-hybridized carbons (Fsp3) is 0.636. The van der Waals surface area contributed by atoms with Crippen molar-refractivity contribution in [2.75, 3.05) is 13.6 Å². The summed E-state index contributed by atoms with van der Waals surface area (Å²) in [6.45, 7) is 4.93. The predicted octanol–water partition coefficient (Wildman–Crippen LogP) is 2.08. The van der Waals surface area contributed by atoms with E-state index in [1.54, 1.807) is 23.8 Å². The largest absolute Gasteiger partial charge is 0.481 e. The highest BCUT2D eigenvalue weighted by atomic mass is 32.1. The summed E-state index contributed by atoms with van der Waals surface area (Å²) < 4.78 is 0. The highest BCUT2D eigenvalue weighted by Gasteiger charge is 2.32.